The molecule has 0 bridgehead atoms. The largest absolute Gasteiger partial charge is 0.313 e. The van der Waals surface area contributed by atoms with E-state index in [0.29, 0.717) is 0 Å². The fourth-order valence-corrected chi connectivity index (χ4v) is 2.39. The molecule has 0 heterocycles. The zero-order valence-corrected chi connectivity index (χ0v) is 13.4. The van der Waals surface area contributed by atoms with Gasteiger partial charge in [-0.15, -0.1) is 0 Å². The van der Waals surface area contributed by atoms with E-state index in [2.05, 4.69) is 79.8 Å². The second-order valence-corrected chi connectivity index (χ2v) is 5.90. The highest BCUT2D eigenvalue weighted by Crippen LogP contribution is 2.20. The molecule has 2 aromatic rings. The van der Waals surface area contributed by atoms with Gasteiger partial charge in [0, 0.05) is 6.54 Å². The lowest BCUT2D eigenvalue weighted by Gasteiger charge is -2.10. The summed E-state index contributed by atoms with van der Waals surface area (Å²) < 4.78 is 0. The molecule has 0 aromatic heterocycles. The topological polar surface area (TPSA) is 15.3 Å². The molecule has 21 heavy (non-hydrogen) atoms. The highest BCUT2D eigenvalue weighted by molar-refractivity contribution is 5.64. The molecule has 0 radical (unpaired) electrons. The fraction of sp³-hybridized carbons (Fsp3) is 0.368. The van der Waals surface area contributed by atoms with E-state index in [9.17, 15) is 0 Å². The Bertz CT molecular complexity index is 544. The van der Waals surface area contributed by atoms with Crippen molar-refractivity contribution in [2.45, 2.75) is 19.9 Å². The number of hydrogen-bond donors (Lipinski definition) is 1. The van der Waals surface area contributed by atoms with Crippen molar-refractivity contribution in [1.29, 1.82) is 0 Å². The highest BCUT2D eigenvalue weighted by atomic mass is 15.0. The molecule has 0 fully saturated rings. The fourth-order valence-electron chi connectivity index (χ4n) is 2.39. The van der Waals surface area contributed by atoms with Crippen molar-refractivity contribution in [1.82, 2.24) is 10.2 Å². The first-order valence-electron chi connectivity index (χ1n) is 7.66. The predicted molar refractivity (Wildman–Crippen MR) is 91.5 cm³/mol. The number of aryl methyl sites for hydroxylation is 1. The van der Waals surface area contributed by atoms with Crippen molar-refractivity contribution in [2.75, 3.05) is 27.2 Å². The van der Waals surface area contributed by atoms with Crippen LogP contribution < -0.4 is 5.32 Å². The van der Waals surface area contributed by atoms with E-state index in [4.69, 9.17) is 0 Å². The van der Waals surface area contributed by atoms with Gasteiger partial charge in [0.15, 0.2) is 0 Å². The van der Waals surface area contributed by atoms with Gasteiger partial charge in [0.25, 0.3) is 0 Å². The summed E-state index contributed by atoms with van der Waals surface area (Å²) in [5.74, 6) is 0. The summed E-state index contributed by atoms with van der Waals surface area (Å²) in [6.07, 6.45) is 1.19. The Morgan fingerprint density at radius 3 is 2.38 bits per heavy atom. The molecule has 2 nitrogen and oxygen atoms in total. The Kier molecular flexibility index (Phi) is 5.97. The minimum atomic E-state index is 0.946. The number of benzene rings is 2. The van der Waals surface area contributed by atoms with Gasteiger partial charge in [0.2, 0.25) is 0 Å². The molecule has 112 valence electrons. The van der Waals surface area contributed by atoms with Gasteiger partial charge in [-0.25, -0.2) is 0 Å². The zero-order valence-electron chi connectivity index (χ0n) is 13.4. The van der Waals surface area contributed by atoms with Crippen molar-refractivity contribution in [3.8, 4) is 11.1 Å². The van der Waals surface area contributed by atoms with Crippen molar-refractivity contribution >= 4 is 0 Å². The van der Waals surface area contributed by atoms with Gasteiger partial charge in [-0.3, -0.25) is 0 Å². The third-order valence-corrected chi connectivity index (χ3v) is 3.59. The first-order chi connectivity index (χ1) is 10.1. The quantitative estimate of drug-likeness (QED) is 0.779. The Hall–Kier alpha value is -1.64. The van der Waals surface area contributed by atoms with Crippen molar-refractivity contribution in [3.63, 3.8) is 0 Å². The van der Waals surface area contributed by atoms with Crippen molar-refractivity contribution < 1.29 is 0 Å². The Morgan fingerprint density at radius 1 is 0.952 bits per heavy atom. The molecule has 2 aromatic carbocycles. The molecule has 0 aliphatic rings. The average Bonchev–Trinajstić information content (AvgIpc) is 2.47. The molecular formula is C19H26N2. The Labute approximate surface area is 128 Å². The standard InChI is InChI=1S/C19H26N2/c1-16-6-4-7-19(14-16)18-10-8-17(9-11-18)15-20-12-5-13-21(2)3/h4,6-11,14,20H,5,12-13,15H2,1-3H3. The molecule has 1 N–H and O–H groups in total. The lowest BCUT2D eigenvalue weighted by Crippen LogP contribution is -2.20. The monoisotopic (exact) mass is 282 g/mol. The number of nitrogens with one attached hydrogen (secondary N) is 1. The molecule has 0 unspecified atom stereocenters. The molecule has 2 heteroatoms. The lowest BCUT2D eigenvalue weighted by molar-refractivity contribution is 0.394. The Balaban J connectivity index is 1.85. The summed E-state index contributed by atoms with van der Waals surface area (Å²) in [5.41, 5.74) is 5.23. The number of rotatable bonds is 7. The summed E-state index contributed by atoms with van der Waals surface area (Å²) >= 11 is 0. The van der Waals surface area contributed by atoms with E-state index >= 15 is 0 Å². The van der Waals surface area contributed by atoms with Crippen LogP contribution in [0, 0.1) is 6.92 Å². The van der Waals surface area contributed by atoms with E-state index < -0.39 is 0 Å². The molecule has 0 amide bonds. The summed E-state index contributed by atoms with van der Waals surface area (Å²) in [7, 11) is 4.23. The molecule has 0 atom stereocenters. The van der Waals surface area contributed by atoms with Gasteiger partial charge in [0.1, 0.15) is 0 Å². The number of hydrogen-bond acceptors (Lipinski definition) is 2. The van der Waals surface area contributed by atoms with Crippen LogP contribution in [0.5, 0.6) is 0 Å². The van der Waals surface area contributed by atoms with Crippen molar-refractivity contribution in [2.24, 2.45) is 0 Å². The van der Waals surface area contributed by atoms with Gasteiger partial charge in [-0.2, -0.15) is 0 Å². The normalized spacial score (nSPS) is 11.0. The minimum absolute atomic E-state index is 0.946. The molecule has 0 saturated carbocycles. The van der Waals surface area contributed by atoms with Crippen LogP contribution in [0.4, 0.5) is 0 Å². The molecular weight excluding hydrogens is 256 g/mol. The number of nitrogens with zero attached hydrogens (tertiary/aromatic N) is 1. The molecule has 0 spiro atoms. The van der Waals surface area contributed by atoms with Crippen molar-refractivity contribution in [3.05, 3.63) is 59.7 Å². The minimum Gasteiger partial charge on any atom is -0.313 e. The van der Waals surface area contributed by atoms with Crippen LogP contribution in [-0.4, -0.2) is 32.1 Å². The third kappa shape index (κ3) is 5.33. The summed E-state index contributed by atoms with van der Waals surface area (Å²) in [6, 6.07) is 17.5. The van der Waals surface area contributed by atoms with E-state index in [1.807, 2.05) is 0 Å². The van der Waals surface area contributed by atoms with E-state index in [0.717, 1.165) is 19.6 Å². The van der Waals surface area contributed by atoms with Crippen LogP contribution in [0.25, 0.3) is 11.1 Å². The smallest absolute Gasteiger partial charge is 0.0205 e. The van der Waals surface area contributed by atoms with Crippen LogP contribution in [-0.2, 0) is 6.54 Å². The van der Waals surface area contributed by atoms with Crippen LogP contribution in [0.3, 0.4) is 0 Å². The van der Waals surface area contributed by atoms with Crippen LogP contribution in [0.1, 0.15) is 17.5 Å². The van der Waals surface area contributed by atoms with E-state index in [-0.39, 0.29) is 0 Å². The van der Waals surface area contributed by atoms with E-state index in [1.165, 1.54) is 28.7 Å². The summed E-state index contributed by atoms with van der Waals surface area (Å²) in [5, 5.41) is 3.50. The zero-order chi connectivity index (χ0) is 15.1. The Morgan fingerprint density at radius 2 is 1.71 bits per heavy atom. The van der Waals surface area contributed by atoms with Gasteiger partial charge in [-0.1, -0.05) is 54.1 Å². The van der Waals surface area contributed by atoms with Gasteiger partial charge in [-0.05, 0) is 57.2 Å². The molecule has 0 saturated heterocycles. The first kappa shape index (κ1) is 15.7. The summed E-state index contributed by atoms with van der Waals surface area (Å²) in [4.78, 5) is 2.22. The molecule has 2 rings (SSSR count). The molecule has 0 aliphatic heterocycles. The maximum Gasteiger partial charge on any atom is 0.0205 e. The average molecular weight is 282 g/mol. The SMILES string of the molecule is Cc1cccc(-c2ccc(CNCCCN(C)C)cc2)c1. The maximum atomic E-state index is 3.50. The van der Waals surface area contributed by atoms with Gasteiger partial charge < -0.3 is 10.2 Å². The van der Waals surface area contributed by atoms with E-state index in [1.54, 1.807) is 0 Å². The third-order valence-electron chi connectivity index (χ3n) is 3.59. The van der Waals surface area contributed by atoms with Crippen LogP contribution in [0.15, 0.2) is 48.5 Å². The second kappa shape index (κ2) is 7.96. The lowest BCUT2D eigenvalue weighted by atomic mass is 10.0. The maximum absolute atomic E-state index is 3.50. The second-order valence-electron chi connectivity index (χ2n) is 5.90. The first-order valence-corrected chi connectivity index (χ1v) is 7.66. The summed E-state index contributed by atoms with van der Waals surface area (Å²) in [6.45, 7) is 5.29. The highest BCUT2D eigenvalue weighted by Gasteiger charge is 1.99. The van der Waals surface area contributed by atoms with Crippen LogP contribution >= 0.6 is 0 Å². The van der Waals surface area contributed by atoms with Gasteiger partial charge in [0.05, 0.1) is 0 Å². The predicted octanol–water partition coefficient (Wildman–Crippen LogP) is 3.70. The van der Waals surface area contributed by atoms with Crippen LogP contribution in [0.2, 0.25) is 0 Å². The van der Waals surface area contributed by atoms with Gasteiger partial charge >= 0.3 is 0 Å². The molecule has 0 aliphatic carbocycles.